The van der Waals surface area contributed by atoms with Crippen molar-refractivity contribution in [2.24, 2.45) is 0 Å². The van der Waals surface area contributed by atoms with Crippen LogP contribution in [0.1, 0.15) is 93.8 Å². The highest BCUT2D eigenvalue weighted by molar-refractivity contribution is 7.07. The van der Waals surface area contributed by atoms with E-state index in [1.807, 2.05) is 11.0 Å². The molecule has 12 heteroatoms. The summed E-state index contributed by atoms with van der Waals surface area (Å²) in [5, 5.41) is 23.6. The summed E-state index contributed by atoms with van der Waals surface area (Å²) in [6.07, 6.45) is 10.9. The van der Waals surface area contributed by atoms with Crippen molar-refractivity contribution in [3.8, 4) is 0 Å². The van der Waals surface area contributed by atoms with Crippen LogP contribution in [0.2, 0.25) is 0 Å². The molecule has 0 aliphatic carbocycles. The second kappa shape index (κ2) is 17.2. The molecule has 4 rings (SSSR count). The second-order valence-corrected chi connectivity index (χ2v) is 12.7. The van der Waals surface area contributed by atoms with Gasteiger partial charge in [-0.3, -0.25) is 18.8 Å². The molecule has 1 aliphatic heterocycles. The summed E-state index contributed by atoms with van der Waals surface area (Å²) in [4.78, 5) is 37.0. The minimum atomic E-state index is -0.837. The average Bonchev–Trinajstić information content (AvgIpc) is 3.76. The Morgan fingerprint density at radius 2 is 1.50 bits per heavy atom. The lowest BCUT2D eigenvalue weighted by Crippen LogP contribution is -2.42. The van der Waals surface area contributed by atoms with Crippen LogP contribution in [0.3, 0.4) is 0 Å². The molecule has 3 aromatic heterocycles. The number of aliphatic hydroxyl groups is 2. The monoisotopic (exact) mass is 619 g/mol. The third kappa shape index (κ3) is 9.65. The number of ether oxygens (including phenoxy) is 1. The largest absolute Gasteiger partial charge is 0.394 e. The zero-order chi connectivity index (χ0) is 29.7. The summed E-state index contributed by atoms with van der Waals surface area (Å²) >= 11 is 3.29. The Balaban J connectivity index is 1.07. The van der Waals surface area contributed by atoms with E-state index in [0.29, 0.717) is 12.1 Å². The maximum atomic E-state index is 13.0. The van der Waals surface area contributed by atoms with Crippen LogP contribution < -0.4 is 11.2 Å². The van der Waals surface area contributed by atoms with E-state index in [1.54, 1.807) is 29.6 Å². The van der Waals surface area contributed by atoms with E-state index in [9.17, 15) is 19.8 Å². The summed E-state index contributed by atoms with van der Waals surface area (Å²) in [5.41, 5.74) is 5.83. The number of rotatable bonds is 19. The number of aryl methyl sites for hydroxylation is 1. The quantitative estimate of drug-likeness (QED) is 0.189. The fourth-order valence-corrected chi connectivity index (χ4v) is 6.63. The van der Waals surface area contributed by atoms with E-state index in [2.05, 4.69) is 25.6 Å². The van der Waals surface area contributed by atoms with Gasteiger partial charge in [0.05, 0.1) is 35.1 Å². The summed E-state index contributed by atoms with van der Waals surface area (Å²) in [7, 11) is 0. The molecule has 3 aromatic rings. The molecule has 0 saturated carbocycles. The van der Waals surface area contributed by atoms with Gasteiger partial charge in [0.1, 0.15) is 12.3 Å². The van der Waals surface area contributed by atoms with Crippen LogP contribution in [0.4, 0.5) is 0 Å². The average molecular weight is 620 g/mol. The first-order valence-corrected chi connectivity index (χ1v) is 17.1. The van der Waals surface area contributed by atoms with E-state index >= 15 is 0 Å². The van der Waals surface area contributed by atoms with Crippen molar-refractivity contribution in [2.75, 3.05) is 13.2 Å². The van der Waals surface area contributed by atoms with Gasteiger partial charge in [-0.05, 0) is 26.3 Å². The molecule has 0 unspecified atom stereocenters. The Hall–Kier alpha value is -2.22. The van der Waals surface area contributed by atoms with Crippen molar-refractivity contribution in [1.29, 1.82) is 0 Å². The molecule has 0 amide bonds. The third-order valence-corrected chi connectivity index (χ3v) is 9.18. The summed E-state index contributed by atoms with van der Waals surface area (Å²) < 4.78 is 8.31. The number of aromatic nitrogens is 4. The van der Waals surface area contributed by atoms with Crippen LogP contribution >= 0.6 is 22.7 Å². The molecule has 2 N–H and O–H groups in total. The van der Waals surface area contributed by atoms with Crippen molar-refractivity contribution in [3.05, 3.63) is 65.8 Å². The van der Waals surface area contributed by atoms with Gasteiger partial charge >= 0.3 is 5.69 Å². The maximum absolute atomic E-state index is 13.0. The van der Waals surface area contributed by atoms with Crippen LogP contribution in [-0.2, 0) is 24.4 Å². The maximum Gasteiger partial charge on any atom is 0.333 e. The summed E-state index contributed by atoms with van der Waals surface area (Å²) in [5.74, 6) is 0. The Morgan fingerprint density at radius 1 is 0.929 bits per heavy atom. The molecule has 1 fully saturated rings. The van der Waals surface area contributed by atoms with E-state index in [1.165, 1.54) is 60.3 Å². The molecule has 4 heterocycles. The molecule has 0 bridgehead atoms. The molecule has 0 radical (unpaired) electrons. The predicted molar refractivity (Wildman–Crippen MR) is 166 cm³/mol. The predicted octanol–water partition coefficient (Wildman–Crippen LogP) is 4.48. The lowest BCUT2D eigenvalue weighted by Gasteiger charge is -2.20. The molecular formula is C30H45N5O5S2. The number of nitrogens with zero attached hydrogens (tertiary/aromatic N) is 5. The third-order valence-electron chi connectivity index (χ3n) is 7.91. The zero-order valence-corrected chi connectivity index (χ0v) is 26.2. The van der Waals surface area contributed by atoms with Gasteiger partial charge in [0.15, 0.2) is 0 Å². The lowest BCUT2D eigenvalue weighted by atomic mass is 10.1. The first-order chi connectivity index (χ1) is 20.5. The van der Waals surface area contributed by atoms with Crippen LogP contribution in [0, 0.1) is 6.92 Å². The van der Waals surface area contributed by atoms with Gasteiger partial charge in [0, 0.05) is 48.6 Å². The van der Waals surface area contributed by atoms with Crippen LogP contribution in [-0.4, -0.2) is 59.6 Å². The Kier molecular flexibility index (Phi) is 13.4. The van der Waals surface area contributed by atoms with Gasteiger partial charge in [-0.2, -0.15) is 0 Å². The Labute approximate surface area is 255 Å². The SMILES string of the molecule is Cc1cn([C@H]2C[C@H](O)[C@@H](CO)O2)c(=O)n(CCCCCCCCCCCCN(Cc2cscn2)Cc2cscn2)c1=O. The molecule has 1 aliphatic rings. The topological polar surface area (TPSA) is 123 Å². The standard InChI is InChI=1S/C30H45N5O5S2/c1-23-15-35(28-14-26(37)27(18-36)40-28)30(39)34(29(23)38)13-11-9-7-5-3-2-4-6-8-10-12-33(16-24-19-41-21-31-24)17-25-20-42-22-32-25/h15,19-22,26-28,36-37H,2-14,16-18H2,1H3/t26-,27+,28+/m0/s1. The molecule has 232 valence electrons. The first kappa shape index (κ1) is 32.7. The molecule has 1 saturated heterocycles. The fourth-order valence-electron chi connectivity index (χ4n) is 5.53. The van der Waals surface area contributed by atoms with E-state index in [4.69, 9.17) is 4.74 Å². The second-order valence-electron chi connectivity index (χ2n) is 11.3. The van der Waals surface area contributed by atoms with E-state index in [0.717, 1.165) is 50.3 Å². The van der Waals surface area contributed by atoms with Crippen molar-refractivity contribution >= 4 is 22.7 Å². The number of unbranched alkanes of at least 4 members (excludes halogenated alkanes) is 9. The first-order valence-electron chi connectivity index (χ1n) is 15.2. The highest BCUT2D eigenvalue weighted by Crippen LogP contribution is 2.27. The highest BCUT2D eigenvalue weighted by Gasteiger charge is 2.35. The lowest BCUT2D eigenvalue weighted by molar-refractivity contribution is -0.0464. The molecule has 3 atom stereocenters. The summed E-state index contributed by atoms with van der Waals surface area (Å²) in [6, 6.07) is 0. The minimum absolute atomic E-state index is 0.210. The Bertz CT molecular complexity index is 1260. The van der Waals surface area contributed by atoms with Crippen molar-refractivity contribution < 1.29 is 14.9 Å². The van der Waals surface area contributed by atoms with Gasteiger partial charge < -0.3 is 14.9 Å². The smallest absolute Gasteiger partial charge is 0.333 e. The van der Waals surface area contributed by atoms with Crippen LogP contribution in [0.5, 0.6) is 0 Å². The van der Waals surface area contributed by atoms with Gasteiger partial charge in [0.2, 0.25) is 0 Å². The zero-order valence-electron chi connectivity index (χ0n) is 24.6. The van der Waals surface area contributed by atoms with Gasteiger partial charge in [0.25, 0.3) is 5.56 Å². The molecule has 0 spiro atoms. The molecule has 42 heavy (non-hydrogen) atoms. The van der Waals surface area contributed by atoms with E-state index < -0.39 is 24.1 Å². The molecule has 0 aromatic carbocycles. The fraction of sp³-hybridized carbons (Fsp3) is 0.667. The van der Waals surface area contributed by atoms with E-state index in [-0.39, 0.29) is 18.6 Å². The number of thiazole rings is 2. The Morgan fingerprint density at radius 3 is 2.02 bits per heavy atom. The number of hydrogen-bond acceptors (Lipinski definition) is 10. The van der Waals surface area contributed by atoms with Crippen molar-refractivity contribution in [2.45, 2.75) is 116 Å². The normalized spacial score (nSPS) is 18.8. The van der Waals surface area contributed by atoms with Crippen LogP contribution in [0.15, 0.2) is 37.6 Å². The minimum Gasteiger partial charge on any atom is -0.394 e. The van der Waals surface area contributed by atoms with Gasteiger partial charge in [-0.1, -0.05) is 51.4 Å². The highest BCUT2D eigenvalue weighted by atomic mass is 32.1. The molecular weight excluding hydrogens is 574 g/mol. The molecule has 10 nitrogen and oxygen atoms in total. The number of aliphatic hydroxyl groups excluding tert-OH is 2. The van der Waals surface area contributed by atoms with Crippen molar-refractivity contribution in [1.82, 2.24) is 24.0 Å². The number of hydrogen-bond donors (Lipinski definition) is 2. The van der Waals surface area contributed by atoms with Crippen LogP contribution in [0.25, 0.3) is 0 Å². The summed E-state index contributed by atoms with van der Waals surface area (Å²) in [6.45, 7) is 4.56. The van der Waals surface area contributed by atoms with Gasteiger partial charge in [-0.25, -0.2) is 14.8 Å². The van der Waals surface area contributed by atoms with Gasteiger partial charge in [-0.15, -0.1) is 22.7 Å². The van der Waals surface area contributed by atoms with Crippen molar-refractivity contribution in [3.63, 3.8) is 0 Å².